The van der Waals surface area contributed by atoms with E-state index in [1.165, 1.54) is 12.8 Å². The van der Waals surface area contributed by atoms with Crippen molar-refractivity contribution in [1.82, 2.24) is 15.3 Å². The van der Waals surface area contributed by atoms with E-state index in [1.807, 2.05) is 19.3 Å². The predicted octanol–water partition coefficient (Wildman–Crippen LogP) is 1.96. The highest BCUT2D eigenvalue weighted by Gasteiger charge is 2.21. The summed E-state index contributed by atoms with van der Waals surface area (Å²) in [5.74, 6) is 2.00. The molecule has 2 heterocycles. The van der Waals surface area contributed by atoms with Gasteiger partial charge in [0.15, 0.2) is 0 Å². The second-order valence-electron chi connectivity index (χ2n) is 6.04. The van der Waals surface area contributed by atoms with Crippen LogP contribution >= 0.6 is 0 Å². The summed E-state index contributed by atoms with van der Waals surface area (Å²) in [6.07, 6.45) is 4.25. The summed E-state index contributed by atoms with van der Waals surface area (Å²) in [6, 6.07) is 2.68. The van der Waals surface area contributed by atoms with E-state index in [2.05, 4.69) is 36.0 Å². The first kappa shape index (κ1) is 13.3. The van der Waals surface area contributed by atoms with Crippen molar-refractivity contribution in [2.24, 2.45) is 0 Å². The summed E-state index contributed by atoms with van der Waals surface area (Å²) in [4.78, 5) is 11.5. The van der Waals surface area contributed by atoms with Gasteiger partial charge in [0, 0.05) is 30.7 Å². The van der Waals surface area contributed by atoms with Crippen molar-refractivity contribution in [2.45, 2.75) is 45.1 Å². The molecule has 0 amide bonds. The smallest absolute Gasteiger partial charge is 0.135 e. The van der Waals surface area contributed by atoms with E-state index in [1.54, 1.807) is 0 Å². The molecule has 1 N–H and O–H groups in total. The van der Waals surface area contributed by atoms with E-state index in [9.17, 15) is 0 Å². The molecule has 0 spiro atoms. The van der Waals surface area contributed by atoms with Crippen LogP contribution in [0.5, 0.6) is 0 Å². The van der Waals surface area contributed by atoms with Crippen LogP contribution in [0.1, 0.15) is 39.4 Å². The lowest BCUT2D eigenvalue weighted by Crippen LogP contribution is -2.41. The van der Waals surface area contributed by atoms with Crippen LogP contribution in [0.25, 0.3) is 0 Å². The van der Waals surface area contributed by atoms with Gasteiger partial charge in [-0.05, 0) is 26.0 Å². The van der Waals surface area contributed by atoms with Crippen molar-refractivity contribution < 1.29 is 0 Å². The lowest BCUT2D eigenvalue weighted by Gasteiger charge is -2.33. The van der Waals surface area contributed by atoms with Crippen LogP contribution in [-0.2, 0) is 5.41 Å². The summed E-state index contributed by atoms with van der Waals surface area (Å²) in [7, 11) is 2.04. The van der Waals surface area contributed by atoms with Gasteiger partial charge in [-0.25, -0.2) is 9.97 Å². The molecule has 0 aliphatic carbocycles. The Morgan fingerprint density at radius 1 is 1.28 bits per heavy atom. The van der Waals surface area contributed by atoms with Gasteiger partial charge < -0.3 is 10.2 Å². The molecule has 0 radical (unpaired) electrons. The molecule has 4 nitrogen and oxygen atoms in total. The van der Waals surface area contributed by atoms with Gasteiger partial charge in [-0.3, -0.25) is 0 Å². The zero-order chi connectivity index (χ0) is 13.2. The first-order valence-electron chi connectivity index (χ1n) is 6.76. The zero-order valence-corrected chi connectivity index (χ0v) is 11.9. The summed E-state index contributed by atoms with van der Waals surface area (Å²) in [5, 5.41) is 3.35. The molecular weight excluding hydrogens is 224 g/mol. The molecule has 2 rings (SSSR count). The Kier molecular flexibility index (Phi) is 3.85. The zero-order valence-electron chi connectivity index (χ0n) is 11.9. The molecule has 1 aromatic rings. The highest BCUT2D eigenvalue weighted by molar-refractivity contribution is 5.38. The lowest BCUT2D eigenvalue weighted by molar-refractivity contribution is 0.439. The van der Waals surface area contributed by atoms with Crippen molar-refractivity contribution in [2.75, 3.05) is 25.0 Å². The van der Waals surface area contributed by atoms with Gasteiger partial charge in [0.1, 0.15) is 11.6 Å². The monoisotopic (exact) mass is 248 g/mol. The number of rotatable bonds is 2. The second-order valence-corrected chi connectivity index (χ2v) is 6.04. The maximum Gasteiger partial charge on any atom is 0.135 e. The van der Waals surface area contributed by atoms with E-state index < -0.39 is 0 Å². The number of hydrogen-bond acceptors (Lipinski definition) is 4. The van der Waals surface area contributed by atoms with Crippen molar-refractivity contribution >= 4 is 5.82 Å². The topological polar surface area (TPSA) is 41.0 Å². The summed E-state index contributed by atoms with van der Waals surface area (Å²) in [6.45, 7) is 8.61. The van der Waals surface area contributed by atoms with E-state index in [4.69, 9.17) is 4.98 Å². The van der Waals surface area contributed by atoms with Gasteiger partial charge in [-0.2, -0.15) is 0 Å². The van der Waals surface area contributed by atoms with E-state index >= 15 is 0 Å². The largest absolute Gasteiger partial charge is 0.356 e. The molecule has 1 aromatic heterocycles. The Morgan fingerprint density at radius 3 is 2.50 bits per heavy atom. The molecule has 100 valence electrons. The summed E-state index contributed by atoms with van der Waals surface area (Å²) < 4.78 is 0. The average Bonchev–Trinajstić information content (AvgIpc) is 2.38. The molecule has 18 heavy (non-hydrogen) atoms. The van der Waals surface area contributed by atoms with Crippen LogP contribution in [0.3, 0.4) is 0 Å². The van der Waals surface area contributed by atoms with Crippen molar-refractivity contribution in [3.8, 4) is 0 Å². The van der Waals surface area contributed by atoms with Crippen LogP contribution < -0.4 is 10.2 Å². The van der Waals surface area contributed by atoms with Gasteiger partial charge >= 0.3 is 0 Å². The molecule has 0 atom stereocenters. The van der Waals surface area contributed by atoms with Gasteiger partial charge in [0.25, 0.3) is 0 Å². The standard InChI is InChI=1S/C14H24N4/c1-14(2,3)13-16-8-5-12(17-13)18-9-6-11(15-4)7-10-18/h5,8,11,15H,6-7,9-10H2,1-4H3. The molecule has 1 fully saturated rings. The third kappa shape index (κ3) is 2.99. The number of hydrogen-bond donors (Lipinski definition) is 1. The predicted molar refractivity (Wildman–Crippen MR) is 75.0 cm³/mol. The normalized spacial score (nSPS) is 18.1. The number of nitrogens with one attached hydrogen (secondary N) is 1. The van der Waals surface area contributed by atoms with Crippen LogP contribution in [0, 0.1) is 0 Å². The summed E-state index contributed by atoms with van der Waals surface area (Å²) in [5.41, 5.74) is 0.0132. The fourth-order valence-electron chi connectivity index (χ4n) is 2.28. The highest BCUT2D eigenvalue weighted by atomic mass is 15.2. The Bertz CT molecular complexity index is 389. The third-order valence-electron chi connectivity index (χ3n) is 3.54. The molecule has 1 aliphatic rings. The third-order valence-corrected chi connectivity index (χ3v) is 3.54. The van der Waals surface area contributed by atoms with Crippen molar-refractivity contribution in [3.63, 3.8) is 0 Å². The fraction of sp³-hybridized carbons (Fsp3) is 0.714. The molecule has 4 heteroatoms. The SMILES string of the molecule is CNC1CCN(c2ccnc(C(C)(C)C)n2)CC1. The first-order chi connectivity index (χ1) is 8.50. The Labute approximate surface area is 110 Å². The Morgan fingerprint density at radius 2 is 1.94 bits per heavy atom. The summed E-state index contributed by atoms with van der Waals surface area (Å²) >= 11 is 0. The number of piperidine rings is 1. The fourth-order valence-corrected chi connectivity index (χ4v) is 2.28. The minimum absolute atomic E-state index is 0.0132. The Balaban J connectivity index is 2.10. The van der Waals surface area contributed by atoms with Crippen molar-refractivity contribution in [1.29, 1.82) is 0 Å². The molecule has 0 bridgehead atoms. The van der Waals surface area contributed by atoms with Gasteiger partial charge in [0.05, 0.1) is 0 Å². The maximum atomic E-state index is 4.71. The van der Waals surface area contributed by atoms with Crippen molar-refractivity contribution in [3.05, 3.63) is 18.1 Å². The number of aromatic nitrogens is 2. The average molecular weight is 248 g/mol. The quantitative estimate of drug-likeness (QED) is 0.868. The van der Waals surface area contributed by atoms with E-state index in [0.717, 1.165) is 24.7 Å². The van der Waals surface area contributed by atoms with E-state index in [0.29, 0.717) is 6.04 Å². The molecule has 0 aromatic carbocycles. The maximum absolute atomic E-state index is 4.71. The minimum Gasteiger partial charge on any atom is -0.356 e. The highest BCUT2D eigenvalue weighted by Crippen LogP contribution is 2.22. The van der Waals surface area contributed by atoms with Crippen LogP contribution in [0.15, 0.2) is 12.3 Å². The van der Waals surface area contributed by atoms with Gasteiger partial charge in [-0.1, -0.05) is 20.8 Å². The Hall–Kier alpha value is -1.16. The van der Waals surface area contributed by atoms with Gasteiger partial charge in [0.2, 0.25) is 0 Å². The molecule has 0 saturated carbocycles. The van der Waals surface area contributed by atoms with Crippen LogP contribution in [0.2, 0.25) is 0 Å². The molecular formula is C14H24N4. The molecule has 1 aliphatic heterocycles. The van der Waals surface area contributed by atoms with Gasteiger partial charge in [-0.15, -0.1) is 0 Å². The molecule has 0 unspecified atom stereocenters. The lowest BCUT2D eigenvalue weighted by atomic mass is 9.96. The molecule has 1 saturated heterocycles. The van der Waals surface area contributed by atoms with E-state index in [-0.39, 0.29) is 5.41 Å². The second kappa shape index (κ2) is 5.22. The number of nitrogens with zero attached hydrogens (tertiary/aromatic N) is 3. The number of anilines is 1. The minimum atomic E-state index is 0.0132. The first-order valence-corrected chi connectivity index (χ1v) is 6.76. The van der Waals surface area contributed by atoms with Crippen LogP contribution in [-0.4, -0.2) is 36.1 Å². The van der Waals surface area contributed by atoms with Crippen LogP contribution in [0.4, 0.5) is 5.82 Å².